The second kappa shape index (κ2) is 6.91. The van der Waals surface area contributed by atoms with Crippen molar-refractivity contribution in [2.75, 3.05) is 0 Å². The van der Waals surface area contributed by atoms with Crippen LogP contribution in [0.5, 0.6) is 0 Å². The predicted molar refractivity (Wildman–Crippen MR) is 82.6 cm³/mol. The number of sulfonamides is 1. The van der Waals surface area contributed by atoms with Crippen LogP contribution in [0.1, 0.15) is 31.4 Å². The molecule has 0 amide bonds. The van der Waals surface area contributed by atoms with Crippen molar-refractivity contribution >= 4 is 10.0 Å². The molecule has 4 nitrogen and oxygen atoms in total. The summed E-state index contributed by atoms with van der Waals surface area (Å²) in [4.78, 5) is 0.307. The zero-order valence-electron chi connectivity index (χ0n) is 12.4. The molecule has 0 bridgehead atoms. The highest BCUT2D eigenvalue weighted by Gasteiger charge is 2.17. The molecule has 0 saturated heterocycles. The zero-order chi connectivity index (χ0) is 15.3. The van der Waals surface area contributed by atoms with Crippen molar-refractivity contribution < 1.29 is 12.8 Å². The van der Waals surface area contributed by atoms with Crippen molar-refractivity contribution in [3.05, 3.63) is 54.0 Å². The van der Waals surface area contributed by atoms with E-state index < -0.39 is 10.0 Å². The summed E-state index contributed by atoms with van der Waals surface area (Å²) in [7, 11) is -3.48. The van der Waals surface area contributed by atoms with Gasteiger partial charge >= 0.3 is 0 Å². The van der Waals surface area contributed by atoms with Gasteiger partial charge in [0, 0.05) is 6.04 Å². The summed E-state index contributed by atoms with van der Waals surface area (Å²) in [6.07, 6.45) is 5.83. The van der Waals surface area contributed by atoms with E-state index in [0.717, 1.165) is 24.0 Å². The van der Waals surface area contributed by atoms with Crippen molar-refractivity contribution in [2.45, 2.75) is 44.0 Å². The summed E-state index contributed by atoms with van der Waals surface area (Å²) in [6, 6.07) is 8.72. The molecule has 0 spiro atoms. The van der Waals surface area contributed by atoms with Crippen LogP contribution in [0.2, 0.25) is 0 Å². The van der Waals surface area contributed by atoms with Crippen LogP contribution in [-0.4, -0.2) is 14.5 Å². The minimum Gasteiger partial charge on any atom is -0.472 e. The van der Waals surface area contributed by atoms with E-state index in [-0.39, 0.29) is 6.04 Å². The highest BCUT2D eigenvalue weighted by Crippen LogP contribution is 2.13. The monoisotopic (exact) mass is 307 g/mol. The van der Waals surface area contributed by atoms with Crippen LogP contribution in [0.15, 0.2) is 52.2 Å². The number of aryl methyl sites for hydroxylation is 1. The van der Waals surface area contributed by atoms with E-state index in [4.69, 9.17) is 4.42 Å². The minimum atomic E-state index is -3.48. The third-order valence-electron chi connectivity index (χ3n) is 3.25. The Labute approximate surface area is 126 Å². The number of benzene rings is 1. The van der Waals surface area contributed by atoms with Gasteiger partial charge in [-0.2, -0.15) is 0 Å². The Kier molecular flexibility index (Phi) is 5.20. The SMILES string of the molecule is CCCc1ccc(S(=O)(=O)NC(C)Cc2ccoc2)cc1. The second-order valence-corrected chi connectivity index (χ2v) is 6.97. The van der Waals surface area contributed by atoms with E-state index in [1.54, 1.807) is 24.7 Å². The smallest absolute Gasteiger partial charge is 0.240 e. The van der Waals surface area contributed by atoms with Crippen LogP contribution in [0.3, 0.4) is 0 Å². The average molecular weight is 307 g/mol. The molecule has 1 atom stereocenters. The molecule has 0 aliphatic heterocycles. The summed E-state index contributed by atoms with van der Waals surface area (Å²) in [6.45, 7) is 3.94. The van der Waals surface area contributed by atoms with Crippen molar-refractivity contribution in [3.63, 3.8) is 0 Å². The summed E-state index contributed by atoms with van der Waals surface area (Å²) in [5, 5.41) is 0. The predicted octanol–water partition coefficient (Wildman–Crippen LogP) is 3.14. The number of nitrogens with one attached hydrogen (secondary N) is 1. The fourth-order valence-corrected chi connectivity index (χ4v) is 3.50. The topological polar surface area (TPSA) is 59.3 Å². The van der Waals surface area contributed by atoms with Crippen LogP contribution >= 0.6 is 0 Å². The molecule has 1 aromatic carbocycles. The largest absolute Gasteiger partial charge is 0.472 e. The molecule has 0 fully saturated rings. The molecular weight excluding hydrogens is 286 g/mol. The van der Waals surface area contributed by atoms with Crippen molar-refractivity contribution in [1.29, 1.82) is 0 Å². The molecule has 0 saturated carbocycles. The first-order valence-corrected chi connectivity index (χ1v) is 8.62. The number of hydrogen-bond donors (Lipinski definition) is 1. The van der Waals surface area contributed by atoms with E-state index in [1.807, 2.05) is 25.1 Å². The number of hydrogen-bond acceptors (Lipinski definition) is 3. The third-order valence-corrected chi connectivity index (χ3v) is 4.86. The van der Waals surface area contributed by atoms with Crippen molar-refractivity contribution in [2.24, 2.45) is 0 Å². The molecule has 21 heavy (non-hydrogen) atoms. The van der Waals surface area contributed by atoms with Gasteiger partial charge in [-0.15, -0.1) is 0 Å². The molecule has 114 valence electrons. The molecule has 2 aromatic rings. The maximum atomic E-state index is 12.3. The fraction of sp³-hybridized carbons (Fsp3) is 0.375. The lowest BCUT2D eigenvalue weighted by molar-refractivity contribution is 0.549. The van der Waals surface area contributed by atoms with Gasteiger partial charge in [0.25, 0.3) is 0 Å². The lowest BCUT2D eigenvalue weighted by Gasteiger charge is -2.13. The Hall–Kier alpha value is -1.59. The van der Waals surface area contributed by atoms with Gasteiger partial charge in [0.2, 0.25) is 10.0 Å². The van der Waals surface area contributed by atoms with Gasteiger partial charge < -0.3 is 4.42 Å². The second-order valence-electron chi connectivity index (χ2n) is 5.25. The molecule has 2 rings (SSSR count). The van der Waals surface area contributed by atoms with Gasteiger partial charge in [0.1, 0.15) is 0 Å². The molecule has 1 aromatic heterocycles. The van der Waals surface area contributed by atoms with Gasteiger partial charge in [-0.3, -0.25) is 0 Å². The molecule has 1 heterocycles. The van der Waals surface area contributed by atoms with E-state index in [1.165, 1.54) is 0 Å². The standard InChI is InChI=1S/C16H21NO3S/c1-3-4-14-5-7-16(8-6-14)21(18,19)17-13(2)11-15-9-10-20-12-15/h5-10,12-13,17H,3-4,11H2,1-2H3. The first kappa shape index (κ1) is 15.8. The summed E-state index contributed by atoms with van der Waals surface area (Å²) in [5.74, 6) is 0. The lowest BCUT2D eigenvalue weighted by Crippen LogP contribution is -2.34. The van der Waals surface area contributed by atoms with Gasteiger partial charge in [-0.1, -0.05) is 25.5 Å². The third kappa shape index (κ3) is 4.44. The van der Waals surface area contributed by atoms with E-state index in [0.29, 0.717) is 11.3 Å². The Morgan fingerprint density at radius 3 is 2.43 bits per heavy atom. The summed E-state index contributed by atoms with van der Waals surface area (Å²) >= 11 is 0. The van der Waals surface area contributed by atoms with Crippen LogP contribution in [0.25, 0.3) is 0 Å². The first-order chi connectivity index (χ1) is 10.0. The number of rotatable bonds is 7. The van der Waals surface area contributed by atoms with E-state index in [2.05, 4.69) is 11.6 Å². The van der Waals surface area contributed by atoms with Crippen LogP contribution in [-0.2, 0) is 22.9 Å². The summed E-state index contributed by atoms with van der Waals surface area (Å²) in [5.41, 5.74) is 2.13. The van der Waals surface area contributed by atoms with E-state index in [9.17, 15) is 8.42 Å². The van der Waals surface area contributed by atoms with Gasteiger partial charge in [0.15, 0.2) is 0 Å². The average Bonchev–Trinajstić information content (AvgIpc) is 2.92. The van der Waals surface area contributed by atoms with Gasteiger partial charge in [-0.25, -0.2) is 13.1 Å². The zero-order valence-corrected chi connectivity index (χ0v) is 13.2. The van der Waals surface area contributed by atoms with Gasteiger partial charge in [0.05, 0.1) is 17.4 Å². The molecule has 5 heteroatoms. The van der Waals surface area contributed by atoms with Crippen molar-refractivity contribution in [3.8, 4) is 0 Å². The lowest BCUT2D eigenvalue weighted by atomic mass is 10.1. The Balaban J connectivity index is 2.03. The highest BCUT2D eigenvalue weighted by atomic mass is 32.2. The molecule has 1 unspecified atom stereocenters. The van der Waals surface area contributed by atoms with Crippen LogP contribution in [0, 0.1) is 0 Å². The highest BCUT2D eigenvalue weighted by molar-refractivity contribution is 7.89. The molecular formula is C16H21NO3S. The molecule has 0 radical (unpaired) electrons. The maximum absolute atomic E-state index is 12.3. The quantitative estimate of drug-likeness (QED) is 0.855. The molecule has 1 N–H and O–H groups in total. The van der Waals surface area contributed by atoms with Crippen LogP contribution in [0.4, 0.5) is 0 Å². The number of furan rings is 1. The molecule has 0 aliphatic rings. The normalized spacial score (nSPS) is 13.2. The van der Waals surface area contributed by atoms with Crippen LogP contribution < -0.4 is 4.72 Å². The van der Waals surface area contributed by atoms with E-state index >= 15 is 0 Å². The first-order valence-electron chi connectivity index (χ1n) is 7.13. The maximum Gasteiger partial charge on any atom is 0.240 e. The summed E-state index contributed by atoms with van der Waals surface area (Å²) < 4.78 is 32.3. The van der Waals surface area contributed by atoms with Crippen molar-refractivity contribution in [1.82, 2.24) is 4.72 Å². The Morgan fingerprint density at radius 1 is 1.14 bits per heavy atom. The Morgan fingerprint density at radius 2 is 1.86 bits per heavy atom. The Bertz CT molecular complexity index is 645. The molecule has 0 aliphatic carbocycles. The van der Waals surface area contributed by atoms with Gasteiger partial charge in [-0.05, 0) is 49.1 Å². The minimum absolute atomic E-state index is 0.192. The fourth-order valence-electron chi connectivity index (χ4n) is 2.26.